The zero-order chi connectivity index (χ0) is 13.8. The van der Waals surface area contributed by atoms with Crippen molar-refractivity contribution in [3.63, 3.8) is 0 Å². The fourth-order valence-electron chi connectivity index (χ4n) is 1.31. The number of carbonyl (C=O) groups is 1. The number of hydrogen-bond acceptors (Lipinski definition) is 5. The SMILES string of the molecule is Cc1nc(SCC(=O)Nc2cc(Cl)ccc2O)n[nH]1. The molecule has 0 saturated carbocycles. The number of halogens is 1. The van der Waals surface area contributed by atoms with Gasteiger partial charge in [-0.25, -0.2) is 4.98 Å². The zero-order valence-electron chi connectivity index (χ0n) is 9.98. The van der Waals surface area contributed by atoms with Crippen LogP contribution in [0.5, 0.6) is 5.75 Å². The molecule has 0 aliphatic heterocycles. The first kappa shape index (κ1) is 13.7. The van der Waals surface area contributed by atoms with Crippen LogP contribution in [0.25, 0.3) is 0 Å². The number of aromatic amines is 1. The van der Waals surface area contributed by atoms with Gasteiger partial charge in [0.05, 0.1) is 11.4 Å². The average molecular weight is 299 g/mol. The van der Waals surface area contributed by atoms with Gasteiger partial charge in [-0.05, 0) is 25.1 Å². The average Bonchev–Trinajstić information content (AvgIpc) is 2.77. The number of benzene rings is 1. The van der Waals surface area contributed by atoms with Crippen molar-refractivity contribution in [1.82, 2.24) is 15.2 Å². The molecule has 2 rings (SSSR count). The fraction of sp³-hybridized carbons (Fsp3) is 0.182. The molecule has 0 radical (unpaired) electrons. The topological polar surface area (TPSA) is 90.9 Å². The van der Waals surface area contributed by atoms with Crippen LogP contribution in [0.2, 0.25) is 5.02 Å². The second-order valence-corrected chi connectivity index (χ2v) is 5.08. The van der Waals surface area contributed by atoms with Crippen molar-refractivity contribution in [2.45, 2.75) is 12.1 Å². The maximum absolute atomic E-state index is 11.7. The number of aromatic nitrogens is 3. The van der Waals surface area contributed by atoms with E-state index in [0.29, 0.717) is 16.0 Å². The van der Waals surface area contributed by atoms with Gasteiger partial charge in [0, 0.05) is 5.02 Å². The summed E-state index contributed by atoms with van der Waals surface area (Å²) in [6.07, 6.45) is 0. The highest BCUT2D eigenvalue weighted by atomic mass is 35.5. The van der Waals surface area contributed by atoms with Crippen LogP contribution in [0.15, 0.2) is 23.4 Å². The van der Waals surface area contributed by atoms with Crippen LogP contribution in [0.1, 0.15) is 5.82 Å². The van der Waals surface area contributed by atoms with Crippen molar-refractivity contribution in [3.8, 4) is 5.75 Å². The van der Waals surface area contributed by atoms with Gasteiger partial charge in [-0.3, -0.25) is 9.89 Å². The third-order valence-corrected chi connectivity index (χ3v) is 3.22. The summed E-state index contributed by atoms with van der Waals surface area (Å²) in [5.74, 6) is 0.528. The molecule has 0 aliphatic rings. The minimum absolute atomic E-state index is 0.0310. The maximum atomic E-state index is 11.7. The molecule has 3 N–H and O–H groups in total. The van der Waals surface area contributed by atoms with Gasteiger partial charge in [0.15, 0.2) is 0 Å². The van der Waals surface area contributed by atoms with Crippen molar-refractivity contribution in [1.29, 1.82) is 0 Å². The van der Waals surface area contributed by atoms with Crippen LogP contribution in [-0.2, 0) is 4.79 Å². The van der Waals surface area contributed by atoms with Crippen LogP contribution >= 0.6 is 23.4 Å². The van der Waals surface area contributed by atoms with E-state index >= 15 is 0 Å². The minimum Gasteiger partial charge on any atom is -0.506 e. The van der Waals surface area contributed by atoms with Crippen LogP contribution < -0.4 is 5.32 Å². The molecule has 0 fully saturated rings. The van der Waals surface area contributed by atoms with Gasteiger partial charge in [0.1, 0.15) is 11.6 Å². The largest absolute Gasteiger partial charge is 0.506 e. The third-order valence-electron chi connectivity index (χ3n) is 2.14. The number of hydrogen-bond donors (Lipinski definition) is 3. The summed E-state index contributed by atoms with van der Waals surface area (Å²) in [6, 6.07) is 4.44. The van der Waals surface area contributed by atoms with Crippen molar-refractivity contribution < 1.29 is 9.90 Å². The fourth-order valence-corrected chi connectivity index (χ4v) is 2.13. The van der Waals surface area contributed by atoms with E-state index in [-0.39, 0.29) is 23.1 Å². The molecule has 0 bridgehead atoms. The second-order valence-electron chi connectivity index (χ2n) is 3.70. The molecule has 0 atom stereocenters. The number of aromatic hydroxyl groups is 1. The van der Waals surface area contributed by atoms with Crippen molar-refractivity contribution in [3.05, 3.63) is 29.0 Å². The lowest BCUT2D eigenvalue weighted by atomic mass is 10.3. The zero-order valence-corrected chi connectivity index (χ0v) is 11.5. The predicted molar refractivity (Wildman–Crippen MR) is 73.6 cm³/mol. The summed E-state index contributed by atoms with van der Waals surface area (Å²) in [7, 11) is 0. The molecule has 0 spiro atoms. The van der Waals surface area contributed by atoms with E-state index in [2.05, 4.69) is 20.5 Å². The van der Waals surface area contributed by atoms with E-state index in [0.717, 1.165) is 0 Å². The molecule has 100 valence electrons. The van der Waals surface area contributed by atoms with Gasteiger partial charge in [-0.1, -0.05) is 23.4 Å². The van der Waals surface area contributed by atoms with Gasteiger partial charge >= 0.3 is 0 Å². The molecule has 0 aliphatic carbocycles. The smallest absolute Gasteiger partial charge is 0.234 e. The molecule has 2 aromatic rings. The van der Waals surface area contributed by atoms with Gasteiger partial charge in [0.25, 0.3) is 0 Å². The Bertz CT molecular complexity index is 602. The number of nitrogens with zero attached hydrogens (tertiary/aromatic N) is 2. The van der Waals surface area contributed by atoms with Crippen LogP contribution in [-0.4, -0.2) is 31.9 Å². The molecule has 1 amide bonds. The Morgan fingerprint density at radius 1 is 1.58 bits per heavy atom. The summed E-state index contributed by atoms with van der Waals surface area (Å²) in [5.41, 5.74) is 0.282. The normalized spacial score (nSPS) is 10.4. The standard InChI is InChI=1S/C11H11ClN4O2S/c1-6-13-11(16-15-6)19-5-10(18)14-8-4-7(12)2-3-9(8)17/h2-4,17H,5H2,1H3,(H,14,18)(H,13,15,16). The summed E-state index contributed by atoms with van der Waals surface area (Å²) in [6.45, 7) is 1.78. The number of carbonyl (C=O) groups excluding carboxylic acids is 1. The molecule has 1 aromatic heterocycles. The van der Waals surface area contributed by atoms with Crippen molar-refractivity contribution in [2.24, 2.45) is 0 Å². The number of nitrogens with one attached hydrogen (secondary N) is 2. The van der Waals surface area contributed by atoms with Gasteiger partial charge < -0.3 is 10.4 Å². The highest BCUT2D eigenvalue weighted by Gasteiger charge is 2.09. The van der Waals surface area contributed by atoms with Gasteiger partial charge in [-0.2, -0.15) is 0 Å². The highest BCUT2D eigenvalue weighted by molar-refractivity contribution is 7.99. The lowest BCUT2D eigenvalue weighted by Crippen LogP contribution is -2.14. The first-order chi connectivity index (χ1) is 9.04. The first-order valence-electron chi connectivity index (χ1n) is 5.35. The highest BCUT2D eigenvalue weighted by Crippen LogP contribution is 2.26. The number of thioether (sulfide) groups is 1. The van der Waals surface area contributed by atoms with E-state index in [1.165, 1.54) is 30.0 Å². The summed E-state index contributed by atoms with van der Waals surface area (Å²) < 4.78 is 0. The number of amides is 1. The van der Waals surface area contributed by atoms with Gasteiger partial charge in [-0.15, -0.1) is 5.10 Å². The first-order valence-corrected chi connectivity index (χ1v) is 6.71. The summed E-state index contributed by atoms with van der Waals surface area (Å²) >= 11 is 6.98. The monoisotopic (exact) mass is 298 g/mol. The predicted octanol–water partition coefficient (Wildman–Crippen LogP) is 2.20. The Labute approximate surface area is 118 Å². The summed E-state index contributed by atoms with van der Waals surface area (Å²) in [4.78, 5) is 15.8. The second kappa shape index (κ2) is 5.94. The maximum Gasteiger partial charge on any atom is 0.234 e. The molecule has 19 heavy (non-hydrogen) atoms. The molecule has 0 unspecified atom stereocenters. The van der Waals surface area contributed by atoms with Gasteiger partial charge in [0.2, 0.25) is 11.1 Å². The number of H-pyrrole nitrogens is 1. The van der Waals surface area contributed by atoms with Crippen LogP contribution in [0.4, 0.5) is 5.69 Å². The Morgan fingerprint density at radius 2 is 2.37 bits per heavy atom. The summed E-state index contributed by atoms with van der Waals surface area (Å²) in [5, 5.41) is 19.7. The molecular formula is C11H11ClN4O2S. The Hall–Kier alpha value is -1.73. The van der Waals surface area contributed by atoms with E-state index in [1.54, 1.807) is 6.92 Å². The molecule has 8 heteroatoms. The van der Waals surface area contributed by atoms with E-state index in [1.807, 2.05) is 0 Å². The van der Waals surface area contributed by atoms with E-state index in [9.17, 15) is 9.90 Å². The molecule has 6 nitrogen and oxygen atoms in total. The molecular weight excluding hydrogens is 288 g/mol. The molecule has 1 heterocycles. The Balaban J connectivity index is 1.92. The Morgan fingerprint density at radius 3 is 3.05 bits per heavy atom. The van der Waals surface area contributed by atoms with E-state index < -0.39 is 0 Å². The number of anilines is 1. The third kappa shape index (κ3) is 3.87. The minimum atomic E-state index is -0.273. The lowest BCUT2D eigenvalue weighted by molar-refractivity contribution is -0.113. The van der Waals surface area contributed by atoms with Crippen LogP contribution in [0.3, 0.4) is 0 Å². The number of aryl methyl sites for hydroxylation is 1. The van der Waals surface area contributed by atoms with E-state index in [4.69, 9.17) is 11.6 Å². The Kier molecular flexibility index (Phi) is 4.28. The van der Waals surface area contributed by atoms with Crippen molar-refractivity contribution >= 4 is 35.0 Å². The molecule has 0 saturated heterocycles. The number of phenols is 1. The number of rotatable bonds is 4. The number of phenolic OH excluding ortho intramolecular Hbond substituents is 1. The van der Waals surface area contributed by atoms with Crippen molar-refractivity contribution in [2.75, 3.05) is 11.1 Å². The lowest BCUT2D eigenvalue weighted by Gasteiger charge is -2.06. The van der Waals surface area contributed by atoms with Crippen LogP contribution in [0, 0.1) is 6.92 Å². The molecule has 1 aromatic carbocycles. The quantitative estimate of drug-likeness (QED) is 0.594.